The van der Waals surface area contributed by atoms with Crippen LogP contribution in [0.1, 0.15) is 50.7 Å². The number of ketones is 1. The van der Waals surface area contributed by atoms with Gasteiger partial charge < -0.3 is 9.80 Å². The van der Waals surface area contributed by atoms with Gasteiger partial charge in [0.05, 0.1) is 0 Å². The van der Waals surface area contributed by atoms with Crippen molar-refractivity contribution in [3.8, 4) is 0 Å². The second-order valence-corrected chi connectivity index (χ2v) is 8.65. The zero-order chi connectivity index (χ0) is 23.5. The molecule has 2 unspecified atom stereocenters. The van der Waals surface area contributed by atoms with E-state index in [0.717, 1.165) is 48.0 Å². The van der Waals surface area contributed by atoms with E-state index >= 15 is 0 Å². The lowest BCUT2D eigenvalue weighted by Crippen LogP contribution is -2.27. The van der Waals surface area contributed by atoms with Crippen LogP contribution in [-0.2, 0) is 4.79 Å². The maximum absolute atomic E-state index is 14.3. The Kier molecular flexibility index (Phi) is 10.1. The molecule has 0 aliphatic carbocycles. The molecule has 2 atom stereocenters. The van der Waals surface area contributed by atoms with Crippen molar-refractivity contribution < 1.29 is 4.79 Å². The molecule has 0 spiro atoms. The molecule has 0 aromatic carbocycles. The average molecular weight is 435 g/mol. The minimum absolute atomic E-state index is 0.186. The zero-order valence-corrected chi connectivity index (χ0v) is 20.5. The highest BCUT2D eigenvalue weighted by atomic mass is 16.1. The minimum atomic E-state index is -0.186. The molecular weight excluding hydrogens is 396 g/mol. The summed E-state index contributed by atoms with van der Waals surface area (Å²) in [6, 6.07) is 8.00. The SMILES string of the molecule is CCCC(C(=O)C(CCC)C(=CN(C)C)c1ccncc1)C(=CN(C)C)c1ccncc1. The maximum Gasteiger partial charge on any atom is 0.147 e. The fourth-order valence-corrected chi connectivity index (χ4v) is 4.10. The number of allylic oxidation sites excluding steroid dienone is 2. The molecule has 5 heteroatoms. The van der Waals surface area contributed by atoms with E-state index < -0.39 is 0 Å². The number of hydrogen-bond donors (Lipinski definition) is 0. The summed E-state index contributed by atoms with van der Waals surface area (Å²) < 4.78 is 0. The lowest BCUT2D eigenvalue weighted by molar-refractivity contribution is -0.123. The largest absolute Gasteiger partial charge is 0.383 e. The van der Waals surface area contributed by atoms with E-state index in [1.807, 2.05) is 62.3 Å². The second-order valence-electron chi connectivity index (χ2n) is 8.65. The summed E-state index contributed by atoms with van der Waals surface area (Å²) in [5.74, 6) is -0.0916. The number of pyridine rings is 2. The highest BCUT2D eigenvalue weighted by Gasteiger charge is 2.32. The van der Waals surface area contributed by atoms with Crippen LogP contribution >= 0.6 is 0 Å². The number of hydrogen-bond acceptors (Lipinski definition) is 5. The molecule has 172 valence electrons. The molecule has 0 fully saturated rings. The Balaban J connectivity index is 2.59. The summed E-state index contributed by atoms with van der Waals surface area (Å²) in [7, 11) is 8.03. The third-order valence-electron chi connectivity index (χ3n) is 5.41. The van der Waals surface area contributed by atoms with Crippen LogP contribution < -0.4 is 0 Å². The van der Waals surface area contributed by atoms with Gasteiger partial charge in [-0.3, -0.25) is 14.8 Å². The van der Waals surface area contributed by atoms with Gasteiger partial charge >= 0.3 is 0 Å². The number of carbonyl (C=O) groups excluding carboxylic acids is 1. The van der Waals surface area contributed by atoms with Gasteiger partial charge in [-0.25, -0.2) is 0 Å². The highest BCUT2D eigenvalue weighted by molar-refractivity contribution is 6.01. The van der Waals surface area contributed by atoms with Crippen LogP contribution in [0, 0.1) is 11.8 Å². The van der Waals surface area contributed by atoms with Gasteiger partial charge in [0.25, 0.3) is 0 Å². The molecule has 0 saturated heterocycles. The Morgan fingerprint density at radius 2 is 1.09 bits per heavy atom. The summed E-state index contributed by atoms with van der Waals surface area (Å²) in [6.45, 7) is 4.29. The van der Waals surface area contributed by atoms with Crippen molar-refractivity contribution in [3.63, 3.8) is 0 Å². The fraction of sp³-hybridized carbons (Fsp3) is 0.444. The number of Topliss-reactive ketones (excluding diaryl/α,β-unsaturated/α-hetero) is 1. The normalized spacial score (nSPS) is 14.1. The molecule has 32 heavy (non-hydrogen) atoms. The Labute approximate surface area is 193 Å². The quantitative estimate of drug-likeness (QED) is 0.449. The van der Waals surface area contributed by atoms with E-state index in [2.05, 4.69) is 36.2 Å². The van der Waals surface area contributed by atoms with Crippen molar-refractivity contribution in [2.24, 2.45) is 11.8 Å². The van der Waals surface area contributed by atoms with Crippen LogP contribution in [0.15, 0.2) is 61.5 Å². The molecule has 2 aromatic heterocycles. The Hall–Kier alpha value is -2.95. The predicted octanol–water partition coefficient (Wildman–Crippen LogP) is 5.38. The van der Waals surface area contributed by atoms with Crippen LogP contribution in [0.5, 0.6) is 0 Å². The third-order valence-corrected chi connectivity index (χ3v) is 5.41. The molecule has 0 aliphatic heterocycles. The first-order valence-corrected chi connectivity index (χ1v) is 11.5. The molecule has 0 saturated carbocycles. The van der Waals surface area contributed by atoms with Crippen molar-refractivity contribution in [3.05, 3.63) is 72.6 Å². The van der Waals surface area contributed by atoms with Gasteiger partial charge in [-0.05, 0) is 59.4 Å². The summed E-state index contributed by atoms with van der Waals surface area (Å²) in [5, 5.41) is 0. The van der Waals surface area contributed by atoms with Crippen molar-refractivity contribution in [1.29, 1.82) is 0 Å². The van der Waals surface area contributed by atoms with Gasteiger partial charge in [0.1, 0.15) is 5.78 Å². The summed E-state index contributed by atoms with van der Waals surface area (Å²) in [4.78, 5) is 26.7. The second kappa shape index (κ2) is 12.8. The van der Waals surface area contributed by atoms with Crippen molar-refractivity contribution in [2.75, 3.05) is 28.2 Å². The molecule has 2 aromatic rings. The number of aromatic nitrogens is 2. The van der Waals surface area contributed by atoms with E-state index in [1.165, 1.54) is 0 Å². The first-order valence-electron chi connectivity index (χ1n) is 11.5. The summed E-state index contributed by atoms with van der Waals surface area (Å²) in [5.41, 5.74) is 4.23. The zero-order valence-electron chi connectivity index (χ0n) is 20.5. The van der Waals surface area contributed by atoms with Gasteiger partial charge in [-0.1, -0.05) is 26.7 Å². The summed E-state index contributed by atoms with van der Waals surface area (Å²) in [6.07, 6.45) is 14.9. The molecule has 2 rings (SSSR count). The Bertz CT molecular complexity index is 815. The smallest absolute Gasteiger partial charge is 0.147 e. The van der Waals surface area contributed by atoms with E-state index in [1.54, 1.807) is 24.8 Å². The molecule has 0 radical (unpaired) electrons. The molecule has 0 amide bonds. The summed E-state index contributed by atoms with van der Waals surface area (Å²) >= 11 is 0. The lowest BCUT2D eigenvalue weighted by atomic mass is 9.76. The van der Waals surface area contributed by atoms with E-state index in [9.17, 15) is 4.79 Å². The van der Waals surface area contributed by atoms with Gasteiger partial charge in [0.15, 0.2) is 0 Å². The monoisotopic (exact) mass is 434 g/mol. The number of carbonyl (C=O) groups is 1. The number of rotatable bonds is 12. The van der Waals surface area contributed by atoms with Gasteiger partial charge in [-0.2, -0.15) is 0 Å². The Morgan fingerprint density at radius 1 is 0.750 bits per heavy atom. The Morgan fingerprint density at radius 3 is 1.38 bits per heavy atom. The molecule has 0 aliphatic rings. The van der Waals surface area contributed by atoms with Crippen LogP contribution in [0.25, 0.3) is 11.1 Å². The first-order chi connectivity index (χ1) is 15.4. The van der Waals surface area contributed by atoms with E-state index in [4.69, 9.17) is 0 Å². The number of nitrogens with zero attached hydrogens (tertiary/aromatic N) is 4. The first kappa shape index (κ1) is 25.3. The van der Waals surface area contributed by atoms with Crippen LogP contribution in [0.2, 0.25) is 0 Å². The van der Waals surface area contributed by atoms with Crippen LogP contribution in [0.4, 0.5) is 0 Å². The van der Waals surface area contributed by atoms with E-state index in [-0.39, 0.29) is 17.6 Å². The predicted molar refractivity (Wildman–Crippen MR) is 134 cm³/mol. The van der Waals surface area contributed by atoms with Gasteiger partial charge in [0, 0.05) is 77.2 Å². The lowest BCUT2D eigenvalue weighted by Gasteiger charge is -2.28. The maximum atomic E-state index is 14.3. The van der Waals surface area contributed by atoms with Crippen molar-refractivity contribution in [1.82, 2.24) is 19.8 Å². The molecule has 0 N–H and O–H groups in total. The van der Waals surface area contributed by atoms with Gasteiger partial charge in [-0.15, -0.1) is 0 Å². The van der Waals surface area contributed by atoms with Crippen molar-refractivity contribution >= 4 is 16.9 Å². The van der Waals surface area contributed by atoms with Crippen LogP contribution in [0.3, 0.4) is 0 Å². The van der Waals surface area contributed by atoms with E-state index in [0.29, 0.717) is 0 Å². The van der Waals surface area contributed by atoms with Gasteiger partial charge in [0.2, 0.25) is 0 Å². The highest BCUT2D eigenvalue weighted by Crippen LogP contribution is 2.36. The fourth-order valence-electron chi connectivity index (χ4n) is 4.10. The molecule has 5 nitrogen and oxygen atoms in total. The third kappa shape index (κ3) is 7.04. The molecular formula is C27H38N4O. The topological polar surface area (TPSA) is 49.3 Å². The minimum Gasteiger partial charge on any atom is -0.383 e. The average Bonchev–Trinajstić information content (AvgIpc) is 2.79. The van der Waals surface area contributed by atoms with Crippen molar-refractivity contribution in [2.45, 2.75) is 39.5 Å². The molecule has 2 heterocycles. The molecule has 0 bridgehead atoms. The standard InChI is InChI=1S/C27H38N4O/c1-7-9-23(25(19-30(3)4)21-11-15-28-16-12-21)27(32)24(10-8-2)26(20-31(5)6)22-13-17-29-18-14-22/h11-20,23-24H,7-10H2,1-6H3. The van der Waals surface area contributed by atoms with Crippen LogP contribution in [-0.4, -0.2) is 53.7 Å².